The molecular formula is C21H25Cl2N5O2. The average Bonchev–Trinajstić information content (AvgIpc) is 3.31. The van der Waals surface area contributed by atoms with Crippen molar-refractivity contribution in [3.63, 3.8) is 0 Å². The van der Waals surface area contributed by atoms with E-state index in [0.29, 0.717) is 39.6 Å². The lowest BCUT2D eigenvalue weighted by molar-refractivity contribution is -0.119. The summed E-state index contributed by atoms with van der Waals surface area (Å²) in [7, 11) is 0. The number of hydrogen-bond donors (Lipinski definition) is 3. The molecule has 3 N–H and O–H groups in total. The lowest BCUT2D eigenvalue weighted by atomic mass is 10.0. The molecule has 1 unspecified atom stereocenters. The SMILES string of the molecule is O=C(Nc1cc(-c2nc(NCC3CCOCC3)ccc2Cl)c(Cl)cn1)C1CCNC1. The van der Waals surface area contributed by atoms with Gasteiger partial charge in [0.05, 0.1) is 21.7 Å². The molecule has 7 nitrogen and oxygen atoms in total. The molecule has 2 aliphatic heterocycles. The Hall–Kier alpha value is -1.93. The maximum Gasteiger partial charge on any atom is 0.229 e. The summed E-state index contributed by atoms with van der Waals surface area (Å²) < 4.78 is 5.41. The summed E-state index contributed by atoms with van der Waals surface area (Å²) in [5.41, 5.74) is 1.19. The van der Waals surface area contributed by atoms with Crippen LogP contribution in [0.2, 0.25) is 10.0 Å². The summed E-state index contributed by atoms with van der Waals surface area (Å²) in [6.07, 6.45) is 4.42. The van der Waals surface area contributed by atoms with Crippen molar-refractivity contribution in [1.82, 2.24) is 15.3 Å². The molecule has 0 aromatic carbocycles. The zero-order valence-corrected chi connectivity index (χ0v) is 18.1. The Labute approximate surface area is 185 Å². The van der Waals surface area contributed by atoms with Crippen molar-refractivity contribution in [1.29, 1.82) is 0 Å². The molecule has 1 amide bonds. The van der Waals surface area contributed by atoms with Gasteiger partial charge in [-0.2, -0.15) is 0 Å². The van der Waals surface area contributed by atoms with E-state index in [1.807, 2.05) is 6.07 Å². The number of halogens is 2. The molecule has 0 radical (unpaired) electrons. The quantitative estimate of drug-likeness (QED) is 0.620. The first kappa shape index (κ1) is 21.3. The third kappa shape index (κ3) is 5.21. The predicted molar refractivity (Wildman–Crippen MR) is 119 cm³/mol. The van der Waals surface area contributed by atoms with Crippen molar-refractivity contribution in [2.24, 2.45) is 11.8 Å². The summed E-state index contributed by atoms with van der Waals surface area (Å²) in [6.45, 7) is 3.98. The molecule has 2 fully saturated rings. The molecule has 0 bridgehead atoms. The molecule has 1 atom stereocenters. The third-order valence-electron chi connectivity index (χ3n) is 5.55. The number of nitrogens with one attached hydrogen (secondary N) is 3. The zero-order chi connectivity index (χ0) is 20.9. The van der Waals surface area contributed by atoms with Crippen LogP contribution in [-0.4, -0.2) is 48.7 Å². The molecular weight excluding hydrogens is 425 g/mol. The molecule has 2 saturated heterocycles. The highest BCUT2D eigenvalue weighted by Gasteiger charge is 2.23. The average molecular weight is 450 g/mol. The number of hydrogen-bond acceptors (Lipinski definition) is 6. The van der Waals surface area contributed by atoms with Gasteiger partial charge in [0.2, 0.25) is 5.91 Å². The Morgan fingerprint density at radius 1 is 1.17 bits per heavy atom. The molecule has 0 saturated carbocycles. The Bertz CT molecular complexity index is 899. The van der Waals surface area contributed by atoms with Gasteiger partial charge in [0.1, 0.15) is 11.6 Å². The lowest BCUT2D eigenvalue weighted by Crippen LogP contribution is -2.25. The van der Waals surface area contributed by atoms with Gasteiger partial charge in [0.25, 0.3) is 0 Å². The van der Waals surface area contributed by atoms with Gasteiger partial charge in [-0.25, -0.2) is 9.97 Å². The highest BCUT2D eigenvalue weighted by molar-refractivity contribution is 6.36. The minimum atomic E-state index is -0.0506. The number of nitrogens with zero attached hydrogens (tertiary/aromatic N) is 2. The number of anilines is 2. The maximum absolute atomic E-state index is 12.4. The summed E-state index contributed by atoms with van der Waals surface area (Å²) >= 11 is 12.8. The van der Waals surface area contributed by atoms with Gasteiger partial charge in [-0.05, 0) is 49.9 Å². The van der Waals surface area contributed by atoms with Crippen LogP contribution in [0.3, 0.4) is 0 Å². The molecule has 2 aliphatic rings. The second-order valence-electron chi connectivity index (χ2n) is 7.69. The summed E-state index contributed by atoms with van der Waals surface area (Å²) in [5.74, 6) is 1.63. The van der Waals surface area contributed by atoms with Gasteiger partial charge in [-0.1, -0.05) is 23.2 Å². The van der Waals surface area contributed by atoms with E-state index < -0.39 is 0 Å². The van der Waals surface area contributed by atoms with Crippen molar-refractivity contribution in [3.05, 3.63) is 34.4 Å². The molecule has 4 rings (SSSR count). The Balaban J connectivity index is 1.51. The van der Waals surface area contributed by atoms with Crippen LogP contribution in [0.15, 0.2) is 24.4 Å². The normalized spacial score (nSPS) is 19.6. The van der Waals surface area contributed by atoms with Gasteiger partial charge >= 0.3 is 0 Å². The molecule has 30 heavy (non-hydrogen) atoms. The first-order chi connectivity index (χ1) is 14.6. The molecule has 160 valence electrons. The summed E-state index contributed by atoms with van der Waals surface area (Å²) in [6, 6.07) is 5.38. The number of carbonyl (C=O) groups excluding carboxylic acids is 1. The van der Waals surface area contributed by atoms with Crippen molar-refractivity contribution in [2.75, 3.05) is 43.5 Å². The Morgan fingerprint density at radius 2 is 2.00 bits per heavy atom. The minimum Gasteiger partial charge on any atom is -0.381 e. The predicted octanol–water partition coefficient (Wildman–Crippen LogP) is 3.84. The number of aromatic nitrogens is 2. The van der Waals surface area contributed by atoms with Gasteiger partial charge < -0.3 is 20.7 Å². The molecule has 0 aliphatic carbocycles. The van der Waals surface area contributed by atoms with Crippen molar-refractivity contribution >= 4 is 40.7 Å². The fourth-order valence-electron chi connectivity index (χ4n) is 3.72. The number of pyridine rings is 2. The molecule has 2 aromatic heterocycles. The third-order valence-corrected chi connectivity index (χ3v) is 6.16. The van der Waals surface area contributed by atoms with E-state index in [9.17, 15) is 4.79 Å². The Morgan fingerprint density at radius 3 is 2.77 bits per heavy atom. The summed E-state index contributed by atoms with van der Waals surface area (Å²) in [4.78, 5) is 21.3. The van der Waals surface area contributed by atoms with Crippen LogP contribution in [0.25, 0.3) is 11.3 Å². The maximum atomic E-state index is 12.4. The minimum absolute atomic E-state index is 0.0493. The van der Waals surface area contributed by atoms with Crippen LogP contribution in [0, 0.1) is 11.8 Å². The number of amides is 1. The van der Waals surface area contributed by atoms with Crippen LogP contribution in [0.5, 0.6) is 0 Å². The van der Waals surface area contributed by atoms with Crippen LogP contribution in [0.1, 0.15) is 19.3 Å². The largest absolute Gasteiger partial charge is 0.381 e. The first-order valence-electron chi connectivity index (χ1n) is 10.3. The van der Waals surface area contributed by atoms with Crippen molar-refractivity contribution in [2.45, 2.75) is 19.3 Å². The van der Waals surface area contributed by atoms with Gasteiger partial charge in [0, 0.05) is 38.1 Å². The second kappa shape index (κ2) is 9.92. The Kier molecular flexibility index (Phi) is 7.04. The number of ether oxygens (including phenoxy) is 1. The van der Waals surface area contributed by atoms with E-state index in [4.69, 9.17) is 27.9 Å². The fraction of sp³-hybridized carbons (Fsp3) is 0.476. The van der Waals surface area contributed by atoms with Gasteiger partial charge in [0.15, 0.2) is 0 Å². The monoisotopic (exact) mass is 449 g/mol. The van der Waals surface area contributed by atoms with Crippen LogP contribution in [0.4, 0.5) is 11.6 Å². The molecule has 0 spiro atoms. The number of carbonyl (C=O) groups is 1. The van der Waals surface area contributed by atoms with Crippen molar-refractivity contribution in [3.8, 4) is 11.3 Å². The first-order valence-corrected chi connectivity index (χ1v) is 11.0. The van der Waals surface area contributed by atoms with Crippen LogP contribution < -0.4 is 16.0 Å². The van der Waals surface area contributed by atoms with Crippen LogP contribution >= 0.6 is 23.2 Å². The topological polar surface area (TPSA) is 88.2 Å². The number of rotatable bonds is 6. The fourth-order valence-corrected chi connectivity index (χ4v) is 4.12. The standard InChI is InChI=1S/C21H25Cl2N5O2/c22-16-1-2-18(25-10-13-4-7-30-8-5-13)27-20(16)15-9-19(26-12-17(15)23)28-21(29)14-3-6-24-11-14/h1-2,9,12-14,24H,3-8,10-11H2,(H,25,27)(H,26,28,29). The van der Waals surface area contributed by atoms with E-state index >= 15 is 0 Å². The van der Waals surface area contributed by atoms with Crippen molar-refractivity contribution < 1.29 is 9.53 Å². The van der Waals surface area contributed by atoms with E-state index in [1.54, 1.807) is 12.1 Å². The van der Waals surface area contributed by atoms with E-state index in [1.165, 1.54) is 6.20 Å². The van der Waals surface area contributed by atoms with E-state index in [0.717, 1.165) is 51.4 Å². The smallest absolute Gasteiger partial charge is 0.229 e. The highest BCUT2D eigenvalue weighted by Crippen LogP contribution is 2.34. The van der Waals surface area contributed by atoms with E-state index in [2.05, 4.69) is 25.9 Å². The second-order valence-corrected chi connectivity index (χ2v) is 8.51. The van der Waals surface area contributed by atoms with E-state index in [-0.39, 0.29) is 11.8 Å². The van der Waals surface area contributed by atoms with Gasteiger partial charge in [-0.15, -0.1) is 0 Å². The molecule has 9 heteroatoms. The highest BCUT2D eigenvalue weighted by atomic mass is 35.5. The molecule has 2 aromatic rings. The zero-order valence-electron chi connectivity index (χ0n) is 16.6. The lowest BCUT2D eigenvalue weighted by Gasteiger charge is -2.22. The molecule has 4 heterocycles. The van der Waals surface area contributed by atoms with Gasteiger partial charge in [-0.3, -0.25) is 4.79 Å². The van der Waals surface area contributed by atoms with Crippen LogP contribution in [-0.2, 0) is 9.53 Å². The summed E-state index contributed by atoms with van der Waals surface area (Å²) in [5, 5.41) is 10.4.